The lowest BCUT2D eigenvalue weighted by Gasteiger charge is -2.25. The van der Waals surface area contributed by atoms with Gasteiger partial charge in [-0.3, -0.25) is 9.48 Å². The molecule has 1 saturated carbocycles. The molecule has 0 unspecified atom stereocenters. The van der Waals surface area contributed by atoms with Gasteiger partial charge >= 0.3 is 11.8 Å². The fourth-order valence-corrected chi connectivity index (χ4v) is 2.68. The van der Waals surface area contributed by atoms with Gasteiger partial charge in [-0.2, -0.15) is 10.1 Å². The minimum atomic E-state index is -0.186. The molecule has 0 bridgehead atoms. The fraction of sp³-hybridized carbons (Fsp3) is 0.467. The molecule has 4 rings (SSSR count). The van der Waals surface area contributed by atoms with Crippen molar-refractivity contribution in [2.45, 2.75) is 25.2 Å². The largest absolute Gasteiger partial charge is 0.330 e. The molecule has 7 nitrogen and oxygen atoms in total. The maximum atomic E-state index is 12.5. The van der Waals surface area contributed by atoms with Gasteiger partial charge in [0.05, 0.1) is 6.20 Å². The monoisotopic (exact) mass is 299 g/mol. The summed E-state index contributed by atoms with van der Waals surface area (Å²) in [5.74, 6) is 0.976. The first-order valence-electron chi connectivity index (χ1n) is 7.51. The van der Waals surface area contributed by atoms with Crippen LogP contribution in [0.25, 0.3) is 5.57 Å². The third-order valence-corrected chi connectivity index (χ3v) is 4.08. The molecule has 2 aromatic rings. The summed E-state index contributed by atoms with van der Waals surface area (Å²) in [5.41, 5.74) is 2.15. The summed E-state index contributed by atoms with van der Waals surface area (Å²) in [7, 11) is 1.88. The summed E-state index contributed by atoms with van der Waals surface area (Å²) in [6.07, 6.45) is 8.93. The molecule has 22 heavy (non-hydrogen) atoms. The summed E-state index contributed by atoms with van der Waals surface area (Å²) in [5, 5.41) is 8.09. The van der Waals surface area contributed by atoms with E-state index in [1.54, 1.807) is 9.58 Å². The van der Waals surface area contributed by atoms with Crippen LogP contribution in [0.15, 0.2) is 23.0 Å². The maximum absolute atomic E-state index is 12.5. The number of amides is 1. The second-order valence-corrected chi connectivity index (χ2v) is 5.88. The summed E-state index contributed by atoms with van der Waals surface area (Å²) in [6.45, 7) is 1.22. The molecule has 0 aromatic carbocycles. The van der Waals surface area contributed by atoms with Crippen LogP contribution >= 0.6 is 0 Å². The molecule has 0 spiro atoms. The van der Waals surface area contributed by atoms with Gasteiger partial charge in [-0.1, -0.05) is 11.2 Å². The Morgan fingerprint density at radius 2 is 2.27 bits per heavy atom. The van der Waals surface area contributed by atoms with Gasteiger partial charge in [0.2, 0.25) is 0 Å². The van der Waals surface area contributed by atoms with Crippen LogP contribution in [0.4, 0.5) is 0 Å². The molecule has 0 radical (unpaired) electrons. The molecular weight excluding hydrogens is 282 g/mol. The number of hydrogen-bond acceptors (Lipinski definition) is 5. The summed E-state index contributed by atoms with van der Waals surface area (Å²) >= 11 is 0. The second kappa shape index (κ2) is 5.08. The van der Waals surface area contributed by atoms with Gasteiger partial charge in [-0.15, -0.1) is 0 Å². The molecule has 3 heterocycles. The zero-order valence-electron chi connectivity index (χ0n) is 12.4. The fourth-order valence-electron chi connectivity index (χ4n) is 2.68. The van der Waals surface area contributed by atoms with Crippen molar-refractivity contribution >= 4 is 11.5 Å². The van der Waals surface area contributed by atoms with Crippen LogP contribution in [-0.2, 0) is 7.05 Å². The van der Waals surface area contributed by atoms with Gasteiger partial charge in [-0.05, 0) is 24.8 Å². The first-order valence-corrected chi connectivity index (χ1v) is 7.51. The molecule has 1 fully saturated rings. The van der Waals surface area contributed by atoms with Crippen molar-refractivity contribution in [3.05, 3.63) is 35.7 Å². The lowest BCUT2D eigenvalue weighted by molar-refractivity contribution is 0.0725. The number of aryl methyl sites for hydroxylation is 1. The van der Waals surface area contributed by atoms with Crippen LogP contribution < -0.4 is 0 Å². The summed E-state index contributed by atoms with van der Waals surface area (Å²) in [4.78, 5) is 18.5. The van der Waals surface area contributed by atoms with E-state index in [2.05, 4.69) is 21.3 Å². The van der Waals surface area contributed by atoms with Gasteiger partial charge in [-0.25, -0.2) is 0 Å². The van der Waals surface area contributed by atoms with Crippen molar-refractivity contribution in [1.29, 1.82) is 0 Å². The number of carbonyl (C=O) groups is 1. The van der Waals surface area contributed by atoms with Gasteiger partial charge in [0.1, 0.15) is 0 Å². The Bertz CT molecular complexity index is 741. The minimum Gasteiger partial charge on any atom is -0.330 e. The Balaban J connectivity index is 1.50. The van der Waals surface area contributed by atoms with Crippen LogP contribution in [0.3, 0.4) is 0 Å². The molecule has 0 N–H and O–H groups in total. The number of hydrogen-bond donors (Lipinski definition) is 0. The molecular formula is C15H17N5O2. The molecule has 2 aromatic heterocycles. The lowest BCUT2D eigenvalue weighted by atomic mass is 10.0. The van der Waals surface area contributed by atoms with Crippen molar-refractivity contribution in [3.63, 3.8) is 0 Å². The van der Waals surface area contributed by atoms with Gasteiger partial charge in [0, 0.05) is 37.8 Å². The molecule has 1 aliphatic heterocycles. The van der Waals surface area contributed by atoms with Gasteiger partial charge < -0.3 is 9.42 Å². The smallest absolute Gasteiger partial charge is 0.316 e. The number of nitrogens with zero attached hydrogens (tertiary/aromatic N) is 5. The molecule has 114 valence electrons. The number of carbonyl (C=O) groups excluding carboxylic acids is 1. The normalized spacial score (nSPS) is 18.4. The highest BCUT2D eigenvalue weighted by molar-refractivity contribution is 5.91. The van der Waals surface area contributed by atoms with E-state index in [0.29, 0.717) is 24.8 Å². The number of rotatable bonds is 3. The molecule has 7 heteroatoms. The highest BCUT2D eigenvalue weighted by atomic mass is 16.5. The Hall–Kier alpha value is -2.44. The van der Waals surface area contributed by atoms with E-state index < -0.39 is 0 Å². The van der Waals surface area contributed by atoms with Crippen molar-refractivity contribution < 1.29 is 9.32 Å². The lowest BCUT2D eigenvalue weighted by Crippen LogP contribution is -2.35. The summed E-state index contributed by atoms with van der Waals surface area (Å²) in [6, 6.07) is 0. The van der Waals surface area contributed by atoms with Gasteiger partial charge in [0.15, 0.2) is 5.82 Å². The predicted octanol–water partition coefficient (Wildman–Crippen LogP) is 1.61. The zero-order chi connectivity index (χ0) is 15.1. The molecule has 0 atom stereocenters. The zero-order valence-corrected chi connectivity index (χ0v) is 12.4. The van der Waals surface area contributed by atoms with Crippen molar-refractivity contribution in [2.75, 3.05) is 13.1 Å². The Labute approximate surface area is 127 Å². The predicted molar refractivity (Wildman–Crippen MR) is 78.0 cm³/mol. The first kappa shape index (κ1) is 13.2. The highest BCUT2D eigenvalue weighted by Crippen LogP contribution is 2.38. The van der Waals surface area contributed by atoms with Gasteiger partial charge in [0.25, 0.3) is 0 Å². The van der Waals surface area contributed by atoms with Crippen LogP contribution in [0.2, 0.25) is 0 Å². The Kier molecular flexibility index (Phi) is 3.06. The molecule has 0 saturated heterocycles. The van der Waals surface area contributed by atoms with E-state index in [1.807, 2.05) is 19.4 Å². The van der Waals surface area contributed by atoms with E-state index in [9.17, 15) is 4.79 Å². The van der Waals surface area contributed by atoms with Crippen molar-refractivity contribution in [1.82, 2.24) is 24.8 Å². The molecule has 2 aliphatic rings. The van der Waals surface area contributed by atoms with E-state index >= 15 is 0 Å². The van der Waals surface area contributed by atoms with Crippen LogP contribution in [0, 0.1) is 0 Å². The Morgan fingerprint density at radius 3 is 3.00 bits per heavy atom. The van der Waals surface area contributed by atoms with Crippen molar-refractivity contribution in [2.24, 2.45) is 7.05 Å². The second-order valence-electron chi connectivity index (χ2n) is 5.88. The third kappa shape index (κ3) is 2.43. The standard InChI is InChI=1S/C15H17N5O2/c1-19-8-12(7-16-19)11-3-2-6-20(9-11)15(21)14-17-13(18-22-14)10-4-5-10/h3,7-8,10H,2,4-6,9H2,1H3. The van der Waals surface area contributed by atoms with E-state index in [0.717, 1.165) is 30.4 Å². The first-order chi connectivity index (χ1) is 10.7. The average molecular weight is 299 g/mol. The van der Waals surface area contributed by atoms with Crippen LogP contribution in [-0.4, -0.2) is 43.8 Å². The number of aromatic nitrogens is 4. The van der Waals surface area contributed by atoms with E-state index in [4.69, 9.17) is 4.52 Å². The van der Waals surface area contributed by atoms with E-state index in [1.165, 1.54) is 0 Å². The molecule has 1 aliphatic carbocycles. The van der Waals surface area contributed by atoms with Crippen LogP contribution in [0.5, 0.6) is 0 Å². The third-order valence-electron chi connectivity index (χ3n) is 4.08. The topological polar surface area (TPSA) is 77.0 Å². The summed E-state index contributed by atoms with van der Waals surface area (Å²) < 4.78 is 6.90. The quantitative estimate of drug-likeness (QED) is 0.860. The van der Waals surface area contributed by atoms with Crippen molar-refractivity contribution in [3.8, 4) is 0 Å². The highest BCUT2D eigenvalue weighted by Gasteiger charge is 2.31. The minimum absolute atomic E-state index is 0.106. The molecule has 1 amide bonds. The maximum Gasteiger partial charge on any atom is 0.316 e. The van der Waals surface area contributed by atoms with E-state index in [-0.39, 0.29) is 11.8 Å². The SMILES string of the molecule is Cn1cc(C2=CCCN(C(=O)c3nc(C4CC4)no3)C2)cn1. The average Bonchev–Trinajstić information content (AvgIpc) is 3.10. The van der Waals surface area contributed by atoms with Crippen LogP contribution in [0.1, 0.15) is 47.3 Å². The Morgan fingerprint density at radius 1 is 1.41 bits per heavy atom.